The molecule has 9 heteroatoms. The van der Waals surface area contributed by atoms with Gasteiger partial charge in [0.25, 0.3) is 0 Å². The van der Waals surface area contributed by atoms with Crippen molar-refractivity contribution in [1.29, 1.82) is 0 Å². The highest BCUT2D eigenvalue weighted by Gasteiger charge is 2.31. The number of nitrogens with one attached hydrogen (secondary N) is 1. The molecular formula is C19H23Cl2F2N3O2. The number of nitrogens with zero attached hydrogens (tertiary/aromatic N) is 2. The normalized spacial score (nSPS) is 20.9. The molecule has 0 radical (unpaired) electrons. The highest BCUT2D eigenvalue weighted by molar-refractivity contribution is 5.85. The van der Waals surface area contributed by atoms with Crippen LogP contribution in [0.5, 0.6) is 0 Å². The average Bonchev–Trinajstić information content (AvgIpc) is 3.19. The Morgan fingerprint density at radius 1 is 1.21 bits per heavy atom. The van der Waals surface area contributed by atoms with Crippen LogP contribution in [-0.4, -0.2) is 41.0 Å². The summed E-state index contributed by atoms with van der Waals surface area (Å²) in [6, 6.07) is 4.24. The first-order valence-electron chi connectivity index (χ1n) is 9.02. The van der Waals surface area contributed by atoms with Crippen molar-refractivity contribution in [3.05, 3.63) is 41.9 Å². The Morgan fingerprint density at radius 3 is 2.79 bits per heavy atom. The fraction of sp³-hybridized carbons (Fsp3) is 0.474. The molecule has 1 N–H and O–H groups in total. The molecule has 5 nitrogen and oxygen atoms in total. The summed E-state index contributed by atoms with van der Waals surface area (Å²) in [4.78, 5) is 18.5. The summed E-state index contributed by atoms with van der Waals surface area (Å²) in [5.41, 5.74) is 0.158. The lowest BCUT2D eigenvalue weighted by molar-refractivity contribution is -0.131. The van der Waals surface area contributed by atoms with Gasteiger partial charge < -0.3 is 14.6 Å². The van der Waals surface area contributed by atoms with Gasteiger partial charge in [0.2, 0.25) is 5.91 Å². The van der Waals surface area contributed by atoms with E-state index < -0.39 is 11.6 Å². The Balaban J connectivity index is 0.00000140. The van der Waals surface area contributed by atoms with Gasteiger partial charge in [-0.25, -0.2) is 13.8 Å². The van der Waals surface area contributed by atoms with Crippen LogP contribution in [0.3, 0.4) is 0 Å². The maximum absolute atomic E-state index is 13.8. The highest BCUT2D eigenvalue weighted by atomic mass is 35.5. The number of halogens is 4. The molecule has 0 saturated carbocycles. The number of aryl methyl sites for hydroxylation is 1. The van der Waals surface area contributed by atoms with Crippen LogP contribution in [0.1, 0.15) is 31.6 Å². The van der Waals surface area contributed by atoms with Crippen LogP contribution in [0.4, 0.5) is 8.78 Å². The molecule has 1 aromatic heterocycles. The number of aromatic nitrogens is 1. The summed E-state index contributed by atoms with van der Waals surface area (Å²) in [6.07, 6.45) is 5.40. The highest BCUT2D eigenvalue weighted by Crippen LogP contribution is 2.25. The molecule has 0 spiro atoms. The standard InChI is InChI=1S/C19H21F2N3O2.2ClH/c20-12-1-4-15(16(21)9-12)17-10-22-18(26-17)5-6-19(25)24-8-7-13-2-3-14(11-24)23-13;;/h1,4,9-10,13-14,23H,2-3,5-8,11H2;2*1H. The van der Waals surface area contributed by atoms with Crippen LogP contribution < -0.4 is 5.32 Å². The second-order valence-electron chi connectivity index (χ2n) is 7.01. The van der Waals surface area contributed by atoms with Crippen molar-refractivity contribution < 1.29 is 18.0 Å². The number of oxazole rings is 1. The van der Waals surface area contributed by atoms with Crippen LogP contribution in [0.25, 0.3) is 11.3 Å². The van der Waals surface area contributed by atoms with Gasteiger partial charge >= 0.3 is 0 Å². The second-order valence-corrected chi connectivity index (χ2v) is 7.01. The molecule has 2 unspecified atom stereocenters. The molecule has 1 amide bonds. The third-order valence-corrected chi connectivity index (χ3v) is 5.18. The van der Waals surface area contributed by atoms with E-state index in [1.54, 1.807) is 0 Å². The Kier molecular flexibility index (Phi) is 7.80. The van der Waals surface area contributed by atoms with Gasteiger partial charge in [0, 0.05) is 44.1 Å². The quantitative estimate of drug-likeness (QED) is 0.797. The molecule has 2 bridgehead atoms. The summed E-state index contributed by atoms with van der Waals surface area (Å²) in [7, 11) is 0. The van der Waals surface area contributed by atoms with Crippen LogP contribution in [0.15, 0.2) is 28.8 Å². The molecular weight excluding hydrogens is 411 g/mol. The number of carbonyl (C=O) groups is 1. The number of likely N-dealkylation sites (tertiary alicyclic amines) is 1. The van der Waals surface area contributed by atoms with E-state index in [9.17, 15) is 13.6 Å². The minimum atomic E-state index is -0.698. The van der Waals surface area contributed by atoms with E-state index in [0.717, 1.165) is 32.0 Å². The van der Waals surface area contributed by atoms with Gasteiger partial charge in [-0.15, -0.1) is 24.8 Å². The maximum Gasteiger partial charge on any atom is 0.223 e. The van der Waals surface area contributed by atoms with E-state index in [-0.39, 0.29) is 42.0 Å². The van der Waals surface area contributed by atoms with Crippen molar-refractivity contribution in [3.8, 4) is 11.3 Å². The summed E-state index contributed by atoms with van der Waals surface area (Å²) in [5.74, 6) is -0.632. The van der Waals surface area contributed by atoms with Crippen LogP contribution in [-0.2, 0) is 11.2 Å². The molecule has 2 fully saturated rings. The Labute approximate surface area is 174 Å². The SMILES string of the molecule is Cl.Cl.O=C(CCc1ncc(-c2ccc(F)cc2F)o1)N1CCC2CCC(C1)N2. The molecule has 2 atom stereocenters. The summed E-state index contributed by atoms with van der Waals surface area (Å²) < 4.78 is 32.4. The minimum Gasteiger partial charge on any atom is -0.441 e. The first kappa shape index (κ1) is 22.6. The van der Waals surface area contributed by atoms with Crippen molar-refractivity contribution in [2.75, 3.05) is 13.1 Å². The molecule has 28 heavy (non-hydrogen) atoms. The Hall–Kier alpha value is -1.70. The number of benzene rings is 1. The third-order valence-electron chi connectivity index (χ3n) is 5.18. The van der Waals surface area contributed by atoms with Gasteiger partial charge in [0.15, 0.2) is 11.7 Å². The van der Waals surface area contributed by atoms with Crippen molar-refractivity contribution in [2.45, 2.75) is 44.2 Å². The number of rotatable bonds is 4. The first-order chi connectivity index (χ1) is 12.6. The molecule has 3 heterocycles. The predicted octanol–water partition coefficient (Wildman–Crippen LogP) is 3.75. The van der Waals surface area contributed by atoms with Crippen LogP contribution in [0.2, 0.25) is 0 Å². The average molecular weight is 434 g/mol. The molecule has 2 aromatic rings. The Morgan fingerprint density at radius 2 is 2.00 bits per heavy atom. The van der Waals surface area contributed by atoms with E-state index in [2.05, 4.69) is 10.3 Å². The van der Waals surface area contributed by atoms with Gasteiger partial charge in [0.05, 0.1) is 11.8 Å². The summed E-state index contributed by atoms with van der Waals surface area (Å²) >= 11 is 0. The minimum absolute atomic E-state index is 0. The van der Waals surface area contributed by atoms with E-state index in [1.807, 2.05) is 4.90 Å². The Bertz CT molecular complexity index is 818. The zero-order chi connectivity index (χ0) is 18.1. The van der Waals surface area contributed by atoms with Gasteiger partial charge in [-0.3, -0.25) is 4.79 Å². The van der Waals surface area contributed by atoms with Crippen LogP contribution in [0, 0.1) is 11.6 Å². The summed E-state index contributed by atoms with van der Waals surface area (Å²) in [5, 5.41) is 3.56. The molecule has 2 aliphatic rings. The molecule has 154 valence electrons. The smallest absolute Gasteiger partial charge is 0.223 e. The monoisotopic (exact) mass is 433 g/mol. The van der Waals surface area contributed by atoms with Crippen molar-refractivity contribution in [3.63, 3.8) is 0 Å². The lowest BCUT2D eigenvalue weighted by atomic mass is 10.1. The lowest BCUT2D eigenvalue weighted by Gasteiger charge is -2.24. The van der Waals surface area contributed by atoms with Crippen molar-refractivity contribution in [2.24, 2.45) is 0 Å². The third kappa shape index (κ3) is 5.01. The van der Waals surface area contributed by atoms with E-state index in [1.165, 1.54) is 24.8 Å². The fourth-order valence-electron chi connectivity index (χ4n) is 3.78. The van der Waals surface area contributed by atoms with Gasteiger partial charge in [-0.1, -0.05) is 0 Å². The van der Waals surface area contributed by atoms with E-state index in [0.29, 0.717) is 30.8 Å². The van der Waals surface area contributed by atoms with Gasteiger partial charge in [0.1, 0.15) is 11.6 Å². The maximum atomic E-state index is 13.8. The van der Waals surface area contributed by atoms with Gasteiger partial charge in [-0.05, 0) is 31.4 Å². The molecule has 1 aromatic carbocycles. The number of hydrogen-bond acceptors (Lipinski definition) is 4. The molecule has 2 aliphatic heterocycles. The zero-order valence-corrected chi connectivity index (χ0v) is 16.8. The number of amides is 1. The van der Waals surface area contributed by atoms with Crippen molar-refractivity contribution in [1.82, 2.24) is 15.2 Å². The number of hydrogen-bond donors (Lipinski definition) is 1. The van der Waals surface area contributed by atoms with E-state index >= 15 is 0 Å². The predicted molar refractivity (Wildman–Crippen MR) is 106 cm³/mol. The van der Waals surface area contributed by atoms with Crippen molar-refractivity contribution >= 4 is 30.7 Å². The van der Waals surface area contributed by atoms with Crippen LogP contribution >= 0.6 is 24.8 Å². The van der Waals surface area contributed by atoms with Gasteiger partial charge in [-0.2, -0.15) is 0 Å². The number of carbonyl (C=O) groups excluding carboxylic acids is 1. The zero-order valence-electron chi connectivity index (χ0n) is 15.2. The second kappa shape index (κ2) is 9.67. The topological polar surface area (TPSA) is 58.4 Å². The summed E-state index contributed by atoms with van der Waals surface area (Å²) in [6.45, 7) is 1.54. The molecule has 0 aliphatic carbocycles. The first-order valence-corrected chi connectivity index (χ1v) is 9.02. The number of fused-ring (bicyclic) bond motifs is 2. The molecule has 2 saturated heterocycles. The molecule has 4 rings (SSSR count). The fourth-order valence-corrected chi connectivity index (χ4v) is 3.78. The lowest BCUT2D eigenvalue weighted by Crippen LogP contribution is -2.39. The van der Waals surface area contributed by atoms with E-state index in [4.69, 9.17) is 4.42 Å². The largest absolute Gasteiger partial charge is 0.441 e.